The maximum absolute atomic E-state index is 14.4. The predicted molar refractivity (Wildman–Crippen MR) is 162 cm³/mol. The Kier molecular flexibility index (Phi) is 6.36. The van der Waals surface area contributed by atoms with E-state index < -0.39 is 35.0 Å². The normalized spacial score (nSPS) is 29.7. The molecule has 3 aromatic carbocycles. The van der Waals surface area contributed by atoms with Crippen molar-refractivity contribution in [2.75, 3.05) is 16.9 Å². The van der Waals surface area contributed by atoms with Crippen LogP contribution in [0.1, 0.15) is 31.2 Å². The number of methoxy groups -OCH3 is 1. The van der Waals surface area contributed by atoms with Crippen molar-refractivity contribution in [3.8, 4) is 11.5 Å². The van der Waals surface area contributed by atoms with Gasteiger partial charge in [0.25, 0.3) is 0 Å². The second kappa shape index (κ2) is 9.91. The van der Waals surface area contributed by atoms with Crippen LogP contribution in [0.5, 0.6) is 11.5 Å². The molecular weight excluding hydrogens is 612 g/mol. The number of imide groups is 2. The maximum atomic E-state index is 14.4. The number of halogens is 1. The first-order valence-corrected chi connectivity index (χ1v) is 15.1. The van der Waals surface area contributed by atoms with Crippen LogP contribution >= 0.6 is 15.9 Å². The molecule has 1 N–H and O–H groups in total. The first kappa shape index (κ1) is 27.6. The van der Waals surface area contributed by atoms with Crippen molar-refractivity contribution in [3.05, 3.63) is 94.5 Å². The van der Waals surface area contributed by atoms with Crippen LogP contribution < -0.4 is 14.5 Å². The summed E-state index contributed by atoms with van der Waals surface area (Å²) >= 11 is 3.41. The summed E-state index contributed by atoms with van der Waals surface area (Å²) in [5.41, 5.74) is 0.991. The number of phenolic OH excluding ortho intramolecular Hbond substituents is 1. The van der Waals surface area contributed by atoms with Gasteiger partial charge in [-0.1, -0.05) is 57.9 Å². The molecule has 2 saturated heterocycles. The van der Waals surface area contributed by atoms with Gasteiger partial charge in [-0.05, 0) is 68.1 Å². The van der Waals surface area contributed by atoms with E-state index in [9.17, 15) is 24.3 Å². The lowest BCUT2D eigenvalue weighted by atomic mass is 9.51. The van der Waals surface area contributed by atoms with E-state index in [0.29, 0.717) is 23.4 Å². The van der Waals surface area contributed by atoms with Crippen molar-refractivity contribution in [1.82, 2.24) is 0 Å². The van der Waals surface area contributed by atoms with E-state index in [1.807, 2.05) is 12.1 Å². The van der Waals surface area contributed by atoms with Crippen LogP contribution in [0.4, 0.5) is 11.4 Å². The molecule has 4 amide bonds. The number of benzene rings is 3. The summed E-state index contributed by atoms with van der Waals surface area (Å²) in [6.45, 7) is 1.79. The number of allylic oxidation sites excluding steroid dienone is 2. The van der Waals surface area contributed by atoms with Gasteiger partial charge in [0.2, 0.25) is 23.6 Å². The van der Waals surface area contributed by atoms with Gasteiger partial charge in [0, 0.05) is 16.0 Å². The van der Waals surface area contributed by atoms with Crippen molar-refractivity contribution in [2.45, 2.75) is 25.7 Å². The number of anilines is 2. The highest BCUT2D eigenvalue weighted by molar-refractivity contribution is 9.10. The molecule has 3 aromatic rings. The van der Waals surface area contributed by atoms with Gasteiger partial charge in [-0.3, -0.25) is 24.1 Å². The number of amides is 4. The molecule has 0 spiro atoms. The number of hydrogen-bond acceptors (Lipinski definition) is 6. The summed E-state index contributed by atoms with van der Waals surface area (Å²) in [4.78, 5) is 59.0. The molecule has 6 atom stereocenters. The summed E-state index contributed by atoms with van der Waals surface area (Å²) in [6, 6.07) is 21.0. The van der Waals surface area contributed by atoms with E-state index in [1.165, 1.54) is 16.9 Å². The van der Waals surface area contributed by atoms with Crippen molar-refractivity contribution < 1.29 is 29.0 Å². The van der Waals surface area contributed by atoms with Crippen LogP contribution in [-0.2, 0) is 19.2 Å². The molecule has 218 valence electrons. The van der Waals surface area contributed by atoms with Gasteiger partial charge >= 0.3 is 0 Å². The van der Waals surface area contributed by atoms with Crippen LogP contribution in [0.2, 0.25) is 0 Å². The zero-order chi connectivity index (χ0) is 30.2. The molecule has 1 saturated carbocycles. The number of nitrogens with zero attached hydrogens (tertiary/aromatic N) is 2. The molecule has 3 fully saturated rings. The number of aromatic hydroxyl groups is 1. The van der Waals surface area contributed by atoms with Gasteiger partial charge < -0.3 is 9.84 Å². The van der Waals surface area contributed by atoms with Gasteiger partial charge in [0.15, 0.2) is 11.5 Å². The number of para-hydroxylation sites is 2. The number of carbonyl (C=O) groups excluding carboxylic acids is 4. The fourth-order valence-corrected chi connectivity index (χ4v) is 8.23. The van der Waals surface area contributed by atoms with E-state index in [1.54, 1.807) is 73.7 Å². The van der Waals surface area contributed by atoms with E-state index >= 15 is 0 Å². The van der Waals surface area contributed by atoms with E-state index in [4.69, 9.17) is 4.74 Å². The van der Waals surface area contributed by atoms with Crippen molar-refractivity contribution in [3.63, 3.8) is 0 Å². The molecule has 8 nitrogen and oxygen atoms in total. The number of rotatable bonds is 4. The summed E-state index contributed by atoms with van der Waals surface area (Å²) in [6.07, 6.45) is 2.53. The van der Waals surface area contributed by atoms with Crippen LogP contribution in [0, 0.1) is 29.1 Å². The SMILES string of the molecule is COc1cccc(C2C3=CCC4C(=O)N(c5ccc(Br)cc5)C(=O)C4C3CC3C(=O)N(c4ccccc4)C(=O)C32C)c1O. The Hall–Kier alpha value is -4.24. The minimum Gasteiger partial charge on any atom is -0.504 e. The Morgan fingerprint density at radius 1 is 0.837 bits per heavy atom. The zero-order valence-corrected chi connectivity index (χ0v) is 25.2. The van der Waals surface area contributed by atoms with E-state index in [-0.39, 0.29) is 41.5 Å². The summed E-state index contributed by atoms with van der Waals surface area (Å²) in [5.74, 6) is -4.36. The van der Waals surface area contributed by atoms with E-state index in [0.717, 1.165) is 10.0 Å². The maximum Gasteiger partial charge on any atom is 0.241 e. The number of phenols is 1. The highest BCUT2D eigenvalue weighted by Gasteiger charge is 2.68. The monoisotopic (exact) mass is 640 g/mol. The molecule has 4 aliphatic rings. The molecule has 2 heterocycles. The zero-order valence-electron chi connectivity index (χ0n) is 23.6. The summed E-state index contributed by atoms with van der Waals surface area (Å²) in [5, 5.41) is 11.4. The number of hydrogen-bond donors (Lipinski definition) is 1. The van der Waals surface area contributed by atoms with Crippen LogP contribution in [0.25, 0.3) is 0 Å². The van der Waals surface area contributed by atoms with Gasteiger partial charge in [-0.25, -0.2) is 4.90 Å². The van der Waals surface area contributed by atoms with E-state index in [2.05, 4.69) is 15.9 Å². The second-order valence-electron chi connectivity index (χ2n) is 11.9. The molecule has 2 aliphatic carbocycles. The minimum atomic E-state index is -1.25. The quantitative estimate of drug-likeness (QED) is 0.294. The molecule has 9 heteroatoms. The Morgan fingerprint density at radius 2 is 1.53 bits per heavy atom. The third-order valence-corrected chi connectivity index (χ3v) is 10.5. The first-order chi connectivity index (χ1) is 20.7. The van der Waals surface area contributed by atoms with Crippen molar-refractivity contribution in [1.29, 1.82) is 0 Å². The molecule has 6 unspecified atom stereocenters. The lowest BCUT2D eigenvalue weighted by Crippen LogP contribution is -2.48. The topological polar surface area (TPSA) is 104 Å². The smallest absolute Gasteiger partial charge is 0.241 e. The molecule has 0 radical (unpaired) electrons. The highest BCUT2D eigenvalue weighted by Crippen LogP contribution is 2.64. The minimum absolute atomic E-state index is 0.109. The first-order valence-electron chi connectivity index (χ1n) is 14.3. The molecule has 43 heavy (non-hydrogen) atoms. The largest absolute Gasteiger partial charge is 0.504 e. The number of fused-ring (bicyclic) bond motifs is 4. The second-order valence-corrected chi connectivity index (χ2v) is 12.8. The highest BCUT2D eigenvalue weighted by atomic mass is 79.9. The Labute approximate surface area is 257 Å². The van der Waals surface area contributed by atoms with Gasteiger partial charge in [-0.15, -0.1) is 0 Å². The average Bonchev–Trinajstić information content (AvgIpc) is 3.38. The molecule has 0 aromatic heterocycles. The lowest BCUT2D eigenvalue weighted by molar-refractivity contribution is -0.131. The molecular formula is C34H29BrN2O6. The lowest BCUT2D eigenvalue weighted by Gasteiger charge is -2.49. The molecule has 7 rings (SSSR count). The van der Waals surface area contributed by atoms with Crippen LogP contribution in [-0.4, -0.2) is 35.8 Å². The Morgan fingerprint density at radius 3 is 2.23 bits per heavy atom. The molecule has 2 aliphatic heterocycles. The van der Waals surface area contributed by atoms with Gasteiger partial charge in [0.1, 0.15) is 0 Å². The average molecular weight is 642 g/mol. The number of ether oxygens (including phenoxy) is 1. The third-order valence-electron chi connectivity index (χ3n) is 9.94. The fourth-order valence-electron chi connectivity index (χ4n) is 7.96. The van der Waals surface area contributed by atoms with Gasteiger partial charge in [-0.2, -0.15) is 0 Å². The van der Waals surface area contributed by atoms with Crippen molar-refractivity contribution >= 4 is 50.9 Å². The fraction of sp³-hybridized carbons (Fsp3) is 0.294. The Balaban J connectivity index is 1.39. The van der Waals surface area contributed by atoms with Gasteiger partial charge in [0.05, 0.1) is 41.7 Å². The summed E-state index contributed by atoms with van der Waals surface area (Å²) in [7, 11) is 1.46. The summed E-state index contributed by atoms with van der Waals surface area (Å²) < 4.78 is 6.26. The predicted octanol–water partition coefficient (Wildman–Crippen LogP) is 5.60. The third kappa shape index (κ3) is 3.80. The Bertz CT molecular complexity index is 1720. The van der Waals surface area contributed by atoms with Crippen LogP contribution in [0.3, 0.4) is 0 Å². The number of carbonyl (C=O) groups is 4. The standard InChI is InChI=1S/C34H29BrN2O6/c1-34-25(31(40)37(33(34)42)19-7-4-3-5-8-19)17-24-21(28(34)23-9-6-10-26(43-2)29(23)38)15-16-22-27(24)32(41)36(30(22)39)20-13-11-18(35)12-14-20/h3-15,22,24-25,27-28,38H,16-17H2,1-2H3. The van der Waals surface area contributed by atoms with Crippen LogP contribution in [0.15, 0.2) is 88.9 Å². The molecule has 0 bridgehead atoms. The van der Waals surface area contributed by atoms with Crippen molar-refractivity contribution in [2.24, 2.45) is 29.1 Å².